The second-order valence-corrected chi connectivity index (χ2v) is 6.49. The van der Waals surface area contributed by atoms with Crippen LogP contribution in [0.5, 0.6) is 0 Å². The van der Waals surface area contributed by atoms with Gasteiger partial charge in [-0.15, -0.1) is 0 Å². The van der Waals surface area contributed by atoms with E-state index >= 15 is 0 Å². The van der Waals surface area contributed by atoms with E-state index in [9.17, 15) is 9.59 Å². The third-order valence-corrected chi connectivity index (χ3v) is 4.03. The van der Waals surface area contributed by atoms with Crippen molar-refractivity contribution in [1.29, 1.82) is 0 Å². The molecule has 1 saturated heterocycles. The quantitative estimate of drug-likeness (QED) is 0.911. The zero-order chi connectivity index (χ0) is 16.3. The van der Waals surface area contributed by atoms with Gasteiger partial charge in [-0.05, 0) is 45.1 Å². The van der Waals surface area contributed by atoms with Crippen LogP contribution in [0.4, 0.5) is 5.82 Å². The average molecular weight is 304 g/mol. The van der Waals surface area contributed by atoms with Crippen molar-refractivity contribution in [3.63, 3.8) is 0 Å². The van der Waals surface area contributed by atoms with Gasteiger partial charge in [-0.1, -0.05) is 0 Å². The standard InChI is InChI=1S/C16H24N4O2/c1-12(21)20-8-6-16(2,11-20)15(22)18-14-9-13(5-7-17-14)10-19(3)4/h5,7,9H,6,8,10-11H2,1-4H3,(H,17,18,22). The molecule has 2 amide bonds. The van der Waals surface area contributed by atoms with Crippen LogP contribution < -0.4 is 5.32 Å². The summed E-state index contributed by atoms with van der Waals surface area (Å²) in [6.45, 7) is 5.32. The first kappa shape index (κ1) is 16.4. The second kappa shape index (κ2) is 6.44. The number of carbonyl (C=O) groups is 2. The van der Waals surface area contributed by atoms with Crippen LogP contribution in [0.2, 0.25) is 0 Å². The highest BCUT2D eigenvalue weighted by atomic mass is 16.2. The van der Waals surface area contributed by atoms with Crippen molar-refractivity contribution in [2.45, 2.75) is 26.8 Å². The maximum Gasteiger partial charge on any atom is 0.233 e. The molecule has 1 aliphatic rings. The fourth-order valence-corrected chi connectivity index (χ4v) is 2.69. The summed E-state index contributed by atoms with van der Waals surface area (Å²) in [5.41, 5.74) is 0.544. The number of aromatic nitrogens is 1. The molecule has 2 heterocycles. The number of amides is 2. The summed E-state index contributed by atoms with van der Waals surface area (Å²) >= 11 is 0. The summed E-state index contributed by atoms with van der Waals surface area (Å²) in [4.78, 5) is 32.0. The monoisotopic (exact) mass is 304 g/mol. The van der Waals surface area contributed by atoms with E-state index in [4.69, 9.17) is 0 Å². The molecule has 1 fully saturated rings. The van der Waals surface area contributed by atoms with Gasteiger partial charge in [0.15, 0.2) is 0 Å². The van der Waals surface area contributed by atoms with Crippen LogP contribution in [-0.4, -0.2) is 53.8 Å². The highest BCUT2D eigenvalue weighted by Gasteiger charge is 2.41. The number of nitrogens with zero attached hydrogens (tertiary/aromatic N) is 3. The molecule has 0 radical (unpaired) electrons. The highest BCUT2D eigenvalue weighted by molar-refractivity contribution is 5.95. The molecule has 0 spiro atoms. The molecular weight excluding hydrogens is 280 g/mol. The summed E-state index contributed by atoms with van der Waals surface area (Å²) in [5.74, 6) is 0.500. The van der Waals surface area contributed by atoms with Gasteiger partial charge in [0.05, 0.1) is 5.41 Å². The minimum atomic E-state index is -0.551. The molecule has 0 saturated carbocycles. The van der Waals surface area contributed by atoms with E-state index < -0.39 is 5.41 Å². The third-order valence-electron chi connectivity index (χ3n) is 4.03. The van der Waals surface area contributed by atoms with Crippen molar-refractivity contribution in [3.8, 4) is 0 Å². The van der Waals surface area contributed by atoms with Crippen LogP contribution in [0.1, 0.15) is 25.8 Å². The first-order chi connectivity index (χ1) is 10.3. The van der Waals surface area contributed by atoms with Gasteiger partial charge < -0.3 is 15.1 Å². The molecule has 1 atom stereocenters. The van der Waals surface area contributed by atoms with Crippen molar-refractivity contribution >= 4 is 17.6 Å². The number of carbonyl (C=O) groups excluding carboxylic acids is 2. The molecule has 6 heteroatoms. The van der Waals surface area contributed by atoms with E-state index in [0.717, 1.165) is 12.1 Å². The minimum absolute atomic E-state index is 0.0163. The zero-order valence-corrected chi connectivity index (χ0v) is 13.7. The Kier molecular flexibility index (Phi) is 4.81. The largest absolute Gasteiger partial charge is 0.342 e. The van der Waals surface area contributed by atoms with E-state index in [1.54, 1.807) is 11.1 Å². The topological polar surface area (TPSA) is 65.5 Å². The van der Waals surface area contributed by atoms with Gasteiger partial charge >= 0.3 is 0 Å². The smallest absolute Gasteiger partial charge is 0.233 e. The normalized spacial score (nSPS) is 21.2. The van der Waals surface area contributed by atoms with Gasteiger partial charge in [0, 0.05) is 32.8 Å². The van der Waals surface area contributed by atoms with Gasteiger partial charge in [-0.25, -0.2) is 4.98 Å². The first-order valence-corrected chi connectivity index (χ1v) is 7.47. The van der Waals surface area contributed by atoms with Crippen LogP contribution in [0.15, 0.2) is 18.3 Å². The van der Waals surface area contributed by atoms with Crippen LogP contribution in [0, 0.1) is 5.41 Å². The SMILES string of the molecule is CC(=O)N1CCC(C)(C(=O)Nc2cc(CN(C)C)ccn2)C1. The number of hydrogen-bond acceptors (Lipinski definition) is 4. The number of rotatable bonds is 4. The Morgan fingerprint density at radius 2 is 2.18 bits per heavy atom. The van der Waals surface area contributed by atoms with Crippen molar-refractivity contribution in [2.24, 2.45) is 5.41 Å². The number of anilines is 1. The molecule has 1 aromatic rings. The van der Waals surface area contributed by atoms with Gasteiger partial charge in [0.25, 0.3) is 0 Å². The molecule has 1 unspecified atom stereocenters. The van der Waals surface area contributed by atoms with Crippen LogP contribution in [-0.2, 0) is 16.1 Å². The summed E-state index contributed by atoms with van der Waals surface area (Å²) in [6.07, 6.45) is 2.38. The van der Waals surface area contributed by atoms with E-state index in [-0.39, 0.29) is 11.8 Å². The van der Waals surface area contributed by atoms with E-state index in [2.05, 4.69) is 15.2 Å². The summed E-state index contributed by atoms with van der Waals surface area (Å²) in [6, 6.07) is 3.82. The minimum Gasteiger partial charge on any atom is -0.342 e. The van der Waals surface area contributed by atoms with E-state index in [0.29, 0.717) is 25.3 Å². The number of likely N-dealkylation sites (tertiary alicyclic amines) is 1. The Morgan fingerprint density at radius 3 is 2.77 bits per heavy atom. The van der Waals surface area contributed by atoms with Crippen LogP contribution in [0.25, 0.3) is 0 Å². The lowest BCUT2D eigenvalue weighted by Crippen LogP contribution is -2.37. The molecular formula is C16H24N4O2. The van der Waals surface area contributed by atoms with Crippen molar-refractivity contribution in [3.05, 3.63) is 23.9 Å². The van der Waals surface area contributed by atoms with Gasteiger partial charge in [-0.3, -0.25) is 9.59 Å². The Balaban J connectivity index is 2.04. The fraction of sp³-hybridized carbons (Fsp3) is 0.562. The fourth-order valence-electron chi connectivity index (χ4n) is 2.69. The predicted octanol–water partition coefficient (Wildman–Crippen LogP) is 1.34. The predicted molar refractivity (Wildman–Crippen MR) is 85.2 cm³/mol. The molecule has 6 nitrogen and oxygen atoms in total. The molecule has 1 aliphatic heterocycles. The average Bonchev–Trinajstić information content (AvgIpc) is 2.83. The molecule has 22 heavy (non-hydrogen) atoms. The maximum atomic E-state index is 12.5. The zero-order valence-electron chi connectivity index (χ0n) is 13.7. The summed E-state index contributed by atoms with van der Waals surface area (Å²) in [5, 5.41) is 2.89. The molecule has 120 valence electrons. The molecule has 0 aliphatic carbocycles. The second-order valence-electron chi connectivity index (χ2n) is 6.49. The van der Waals surface area contributed by atoms with Crippen molar-refractivity contribution in [2.75, 3.05) is 32.5 Å². The molecule has 0 bridgehead atoms. The lowest BCUT2D eigenvalue weighted by molar-refractivity contribution is -0.129. The van der Waals surface area contributed by atoms with Crippen molar-refractivity contribution < 1.29 is 9.59 Å². The van der Waals surface area contributed by atoms with Gasteiger partial charge in [-0.2, -0.15) is 0 Å². The molecule has 2 rings (SSSR count). The molecule has 1 N–H and O–H groups in total. The molecule has 1 aromatic heterocycles. The van der Waals surface area contributed by atoms with Crippen LogP contribution >= 0.6 is 0 Å². The lowest BCUT2D eigenvalue weighted by atomic mass is 9.89. The summed E-state index contributed by atoms with van der Waals surface area (Å²) in [7, 11) is 3.99. The summed E-state index contributed by atoms with van der Waals surface area (Å²) < 4.78 is 0. The maximum absolute atomic E-state index is 12.5. The number of nitrogens with one attached hydrogen (secondary N) is 1. The van der Waals surface area contributed by atoms with Crippen molar-refractivity contribution in [1.82, 2.24) is 14.8 Å². The van der Waals surface area contributed by atoms with Gasteiger partial charge in [0.1, 0.15) is 5.82 Å². The Labute approximate surface area is 131 Å². The highest BCUT2D eigenvalue weighted by Crippen LogP contribution is 2.31. The molecule has 0 aromatic carbocycles. The van der Waals surface area contributed by atoms with E-state index in [1.807, 2.05) is 33.2 Å². The first-order valence-electron chi connectivity index (χ1n) is 7.47. The van der Waals surface area contributed by atoms with E-state index in [1.165, 1.54) is 6.92 Å². The number of pyridine rings is 1. The van der Waals surface area contributed by atoms with Gasteiger partial charge in [0.2, 0.25) is 11.8 Å². The Bertz CT molecular complexity index is 573. The Morgan fingerprint density at radius 1 is 1.45 bits per heavy atom. The van der Waals surface area contributed by atoms with Crippen LogP contribution in [0.3, 0.4) is 0 Å². The number of hydrogen-bond donors (Lipinski definition) is 1. The third kappa shape index (κ3) is 3.82. The Hall–Kier alpha value is -1.95. The lowest BCUT2D eigenvalue weighted by Gasteiger charge is -2.23.